The molecule has 11 aromatic carbocycles. The summed E-state index contributed by atoms with van der Waals surface area (Å²) in [6.45, 7) is 9.20. The van der Waals surface area contributed by atoms with Gasteiger partial charge in [-0.05, 0) is 163 Å². The largest absolute Gasteiger partial charge is 0.457 e. The van der Waals surface area contributed by atoms with Gasteiger partial charge in [-0.1, -0.05) is 190 Å². The molecule has 0 spiro atoms. The van der Waals surface area contributed by atoms with Crippen LogP contribution in [0.3, 0.4) is 0 Å². The van der Waals surface area contributed by atoms with Crippen LogP contribution < -0.4 is 56.6 Å². The van der Waals surface area contributed by atoms with E-state index in [2.05, 4.69) is 196 Å². The van der Waals surface area contributed by atoms with Crippen LogP contribution in [0.4, 0.5) is 17.1 Å². The van der Waals surface area contributed by atoms with Crippen LogP contribution in [-0.2, 0) is 10.8 Å². The zero-order valence-electron chi connectivity index (χ0n) is 44.9. The SMILES string of the molecule is CC1(C)c2cc(Oc3ccccc3)ccc2-c2cc3c4c(c21)Sc1ccccc1B4c1cc2c(c(N(c4ccccc4)c4ccccc4)c1O3)Oc1cc3c(c4c1B2c1ccccc1S4)C(C)(C)c1cc(Oc2ccccc2)ccc1-3. The minimum absolute atomic E-state index is 0.162. The lowest BCUT2D eigenvalue weighted by Gasteiger charge is -2.41. The second kappa shape index (κ2) is 17.4. The number of benzene rings is 11. The Morgan fingerprint density at radius 1 is 0.383 bits per heavy atom. The molecule has 0 saturated carbocycles. The molecule has 17 rings (SSSR count). The van der Waals surface area contributed by atoms with Crippen LogP contribution in [0.2, 0.25) is 0 Å². The van der Waals surface area contributed by atoms with Gasteiger partial charge in [0.25, 0.3) is 13.4 Å². The molecule has 4 aliphatic heterocycles. The van der Waals surface area contributed by atoms with Crippen molar-refractivity contribution in [3.63, 3.8) is 0 Å². The summed E-state index contributed by atoms with van der Waals surface area (Å²) in [5, 5.41) is 0. The van der Waals surface area contributed by atoms with Gasteiger partial charge in [-0.2, -0.15) is 0 Å². The molecular formula is C72H49B2NO4S2. The van der Waals surface area contributed by atoms with Crippen molar-refractivity contribution in [3.05, 3.63) is 247 Å². The summed E-state index contributed by atoms with van der Waals surface area (Å²) in [6, 6.07) is 80.1. The van der Waals surface area contributed by atoms with Gasteiger partial charge in [0.15, 0.2) is 11.5 Å². The van der Waals surface area contributed by atoms with E-state index in [4.69, 9.17) is 18.9 Å². The second-order valence-corrected chi connectivity index (χ2v) is 25.1. The molecule has 0 N–H and O–H groups in total. The number of ether oxygens (including phenoxy) is 4. The fourth-order valence-electron chi connectivity index (χ4n) is 14.2. The first-order chi connectivity index (χ1) is 39.7. The Morgan fingerprint density at radius 3 is 1.21 bits per heavy atom. The summed E-state index contributed by atoms with van der Waals surface area (Å²) < 4.78 is 28.8. The number of hydrogen-bond donors (Lipinski definition) is 0. The van der Waals surface area contributed by atoms with Gasteiger partial charge in [0.1, 0.15) is 40.2 Å². The van der Waals surface area contributed by atoms with Crippen molar-refractivity contribution in [2.75, 3.05) is 4.90 Å². The molecule has 0 unspecified atom stereocenters. The van der Waals surface area contributed by atoms with E-state index in [0.29, 0.717) is 0 Å². The Morgan fingerprint density at radius 2 is 0.778 bits per heavy atom. The minimum atomic E-state index is -0.352. The summed E-state index contributed by atoms with van der Waals surface area (Å²) in [5.41, 5.74) is 19.3. The van der Waals surface area contributed by atoms with Crippen molar-refractivity contribution < 1.29 is 18.9 Å². The molecule has 11 aromatic rings. The highest BCUT2D eigenvalue weighted by atomic mass is 32.2. The molecule has 0 atom stereocenters. The van der Waals surface area contributed by atoms with E-state index in [0.717, 1.165) is 74.0 Å². The topological polar surface area (TPSA) is 40.2 Å². The lowest BCUT2D eigenvalue weighted by molar-refractivity contribution is 0.466. The molecule has 4 heterocycles. The lowest BCUT2D eigenvalue weighted by atomic mass is 9.32. The summed E-state index contributed by atoms with van der Waals surface area (Å²) in [7, 11) is 0. The number of hydrogen-bond acceptors (Lipinski definition) is 7. The molecule has 9 heteroatoms. The van der Waals surface area contributed by atoms with Crippen molar-refractivity contribution in [2.24, 2.45) is 0 Å². The van der Waals surface area contributed by atoms with E-state index >= 15 is 0 Å². The van der Waals surface area contributed by atoms with Crippen molar-refractivity contribution in [1.29, 1.82) is 0 Å². The van der Waals surface area contributed by atoms with Crippen molar-refractivity contribution in [3.8, 4) is 68.2 Å². The van der Waals surface area contributed by atoms with Gasteiger partial charge in [0.05, 0.1) is 0 Å². The van der Waals surface area contributed by atoms with Gasteiger partial charge < -0.3 is 23.8 Å². The molecule has 5 nitrogen and oxygen atoms in total. The minimum Gasteiger partial charge on any atom is -0.457 e. The standard InChI is InChI=1S/C72H49B2NO4S2/c1-71(2)52-37-46(76-44-25-13-7-14-26-44)33-35-48(52)50-39-58-64-69(62(50)71)80-60-31-19-17-29-54(60)73(64)56-41-57-68(66(67(56)78-58)75(42-21-9-5-10-22-42)43-23-11-6-12-24-43)79-59-40-51-49-36-34-47(77-45-27-15-8-16-28-45)38-53(49)72(3,4)63(51)70-65(59)74(57)55-30-18-20-32-61(55)81-70/h5-41H,1-4H3. The Bertz CT molecular complexity index is 4210. The first-order valence-corrected chi connectivity index (χ1v) is 29.5. The van der Waals surface area contributed by atoms with Crippen LogP contribution in [0.1, 0.15) is 49.9 Å². The van der Waals surface area contributed by atoms with E-state index in [1.807, 2.05) is 84.2 Å². The summed E-state index contributed by atoms with van der Waals surface area (Å²) in [4.78, 5) is 7.42. The number of para-hydroxylation sites is 4. The van der Waals surface area contributed by atoms with E-state index in [-0.39, 0.29) is 24.3 Å². The van der Waals surface area contributed by atoms with Crippen molar-refractivity contribution in [1.82, 2.24) is 0 Å². The quantitative estimate of drug-likeness (QED) is 0.147. The highest BCUT2D eigenvalue weighted by molar-refractivity contribution is 8.00. The molecule has 0 aromatic heterocycles. The van der Waals surface area contributed by atoms with Gasteiger partial charge in [0.2, 0.25) is 0 Å². The Labute approximate surface area is 480 Å². The Hall–Kier alpha value is -8.75. The molecule has 0 fully saturated rings. The lowest BCUT2D eigenvalue weighted by Crippen LogP contribution is -2.62. The third-order valence-corrected chi connectivity index (χ3v) is 20.1. The van der Waals surface area contributed by atoms with E-state index in [1.54, 1.807) is 0 Å². The smallest absolute Gasteiger partial charge is 0.253 e. The second-order valence-electron chi connectivity index (χ2n) is 23.0. The summed E-state index contributed by atoms with van der Waals surface area (Å²) in [5.74, 6) is 6.58. The molecule has 2 aliphatic carbocycles. The molecule has 0 bridgehead atoms. The molecular weight excluding hydrogens is 1030 g/mol. The highest BCUT2D eigenvalue weighted by Crippen LogP contribution is 2.60. The molecule has 0 saturated heterocycles. The number of fused-ring (bicyclic) bond motifs is 16. The summed E-state index contributed by atoms with van der Waals surface area (Å²) >= 11 is 3.78. The summed E-state index contributed by atoms with van der Waals surface area (Å²) in [6.07, 6.45) is 0. The molecule has 0 radical (unpaired) electrons. The maximum atomic E-state index is 7.86. The zero-order valence-corrected chi connectivity index (χ0v) is 46.5. The monoisotopic (exact) mass is 1080 g/mol. The van der Waals surface area contributed by atoms with Crippen molar-refractivity contribution in [2.45, 2.75) is 58.1 Å². The maximum absolute atomic E-state index is 7.86. The number of rotatable bonds is 7. The molecule has 6 aliphatic rings. The van der Waals surface area contributed by atoms with Gasteiger partial charge in [0, 0.05) is 41.8 Å². The fourth-order valence-corrected chi connectivity index (χ4v) is 17.1. The molecule has 384 valence electrons. The van der Waals surface area contributed by atoms with E-state index in [1.165, 1.54) is 85.9 Å². The third kappa shape index (κ3) is 6.86. The molecule has 81 heavy (non-hydrogen) atoms. The first kappa shape index (κ1) is 47.1. The fraction of sp³-hybridized carbons (Fsp3) is 0.0833. The third-order valence-electron chi connectivity index (χ3n) is 17.7. The van der Waals surface area contributed by atoms with Crippen LogP contribution in [0.15, 0.2) is 244 Å². The van der Waals surface area contributed by atoms with Gasteiger partial charge in [-0.3, -0.25) is 0 Å². The van der Waals surface area contributed by atoms with E-state index in [9.17, 15) is 0 Å². The van der Waals surface area contributed by atoms with Crippen LogP contribution >= 0.6 is 23.5 Å². The zero-order chi connectivity index (χ0) is 53.9. The average Bonchev–Trinajstić information content (AvgIpc) is 3.96. The van der Waals surface area contributed by atoms with Crippen LogP contribution in [0, 0.1) is 0 Å². The predicted octanol–water partition coefficient (Wildman–Crippen LogP) is 15.5. The maximum Gasteiger partial charge on any atom is 0.253 e. The van der Waals surface area contributed by atoms with Crippen molar-refractivity contribution >= 4 is 86.8 Å². The number of nitrogens with zero attached hydrogens (tertiary/aromatic N) is 1. The van der Waals surface area contributed by atoms with Gasteiger partial charge in [-0.25, -0.2) is 0 Å². The Balaban J connectivity index is 0.926. The average molecular weight is 1080 g/mol. The van der Waals surface area contributed by atoms with Gasteiger partial charge in [-0.15, -0.1) is 0 Å². The highest BCUT2D eigenvalue weighted by Gasteiger charge is 2.52. The van der Waals surface area contributed by atoms with Gasteiger partial charge >= 0.3 is 0 Å². The number of anilines is 3. The van der Waals surface area contributed by atoms with E-state index < -0.39 is 0 Å². The normalized spacial score (nSPS) is 14.9. The Kier molecular flexibility index (Phi) is 10.1. The molecule has 0 amide bonds. The first-order valence-electron chi connectivity index (χ1n) is 27.9. The van der Waals surface area contributed by atoms with Crippen LogP contribution in [0.5, 0.6) is 46.0 Å². The van der Waals surface area contributed by atoms with Crippen LogP contribution in [-0.4, -0.2) is 13.4 Å². The van der Waals surface area contributed by atoms with Crippen LogP contribution in [0.25, 0.3) is 22.3 Å². The predicted molar refractivity (Wildman–Crippen MR) is 333 cm³/mol.